The van der Waals surface area contributed by atoms with Crippen molar-refractivity contribution < 1.29 is 14.2 Å². The number of rotatable bonds is 3. The van der Waals surface area contributed by atoms with Gasteiger partial charge in [-0.15, -0.1) is 0 Å². The van der Waals surface area contributed by atoms with Crippen molar-refractivity contribution in [2.45, 2.75) is 20.5 Å². The highest BCUT2D eigenvalue weighted by Crippen LogP contribution is 2.24. The van der Waals surface area contributed by atoms with E-state index in [9.17, 15) is 4.39 Å². The molecular weight excluding hydrogens is 267 g/mol. The van der Waals surface area contributed by atoms with Gasteiger partial charge in [0.2, 0.25) is 0 Å². The number of halogens is 1. The van der Waals surface area contributed by atoms with Crippen LogP contribution in [-0.2, 0) is 6.61 Å². The first kappa shape index (κ1) is 15.1. The Hall–Kier alpha value is -2.31. The van der Waals surface area contributed by atoms with Crippen molar-refractivity contribution in [2.75, 3.05) is 6.61 Å². The molecule has 0 aromatic heterocycles. The number of hydrogen-bond donors (Lipinski definition) is 1. The molecule has 1 N–H and O–H groups in total. The number of aryl methyl sites for hydroxylation is 2. The van der Waals surface area contributed by atoms with Crippen molar-refractivity contribution in [3.05, 3.63) is 64.5 Å². The van der Waals surface area contributed by atoms with Crippen LogP contribution in [0.3, 0.4) is 0 Å². The minimum absolute atomic E-state index is 0.172. The van der Waals surface area contributed by atoms with Crippen LogP contribution in [0.2, 0.25) is 0 Å². The van der Waals surface area contributed by atoms with E-state index in [4.69, 9.17) is 9.84 Å². The molecule has 2 aromatic rings. The van der Waals surface area contributed by atoms with Gasteiger partial charge < -0.3 is 9.84 Å². The molecule has 0 atom stereocenters. The first-order valence-corrected chi connectivity index (χ1v) is 6.69. The lowest BCUT2D eigenvalue weighted by Crippen LogP contribution is -2.01. The molecule has 0 aliphatic heterocycles. The van der Waals surface area contributed by atoms with E-state index in [0.29, 0.717) is 11.1 Å². The lowest BCUT2D eigenvalue weighted by Gasteiger charge is -2.12. The summed E-state index contributed by atoms with van der Waals surface area (Å²) in [6.07, 6.45) is 0. The third kappa shape index (κ3) is 3.84. The maximum Gasteiger partial charge on any atom is 0.131 e. The van der Waals surface area contributed by atoms with Gasteiger partial charge in [-0.2, -0.15) is 0 Å². The molecule has 21 heavy (non-hydrogen) atoms. The molecule has 2 aromatic carbocycles. The van der Waals surface area contributed by atoms with Gasteiger partial charge in [0.1, 0.15) is 24.8 Å². The highest BCUT2D eigenvalue weighted by Gasteiger charge is 2.07. The molecule has 108 valence electrons. The zero-order valence-electron chi connectivity index (χ0n) is 12.1. The van der Waals surface area contributed by atoms with Crippen molar-refractivity contribution in [1.82, 2.24) is 0 Å². The zero-order chi connectivity index (χ0) is 15.2. The summed E-state index contributed by atoms with van der Waals surface area (Å²) >= 11 is 0. The standard InChI is InChI=1S/C18H17FO2/c1-13-5-3-6-14(2)18(13)21-12-16-9-8-15(7-4-10-20)11-17(16)19/h3,5-6,8-9,11,20H,10,12H2,1-2H3. The van der Waals surface area contributed by atoms with Crippen molar-refractivity contribution in [3.8, 4) is 17.6 Å². The Bertz CT molecular complexity index is 676. The maximum atomic E-state index is 14.0. The normalized spacial score (nSPS) is 9.90. The number of ether oxygens (including phenoxy) is 1. The number of hydrogen-bond acceptors (Lipinski definition) is 2. The smallest absolute Gasteiger partial charge is 0.131 e. The molecule has 0 heterocycles. The Morgan fingerprint density at radius 3 is 2.48 bits per heavy atom. The minimum atomic E-state index is -0.356. The van der Waals surface area contributed by atoms with Crippen LogP contribution in [0.1, 0.15) is 22.3 Å². The lowest BCUT2D eigenvalue weighted by molar-refractivity contribution is 0.296. The van der Waals surface area contributed by atoms with E-state index < -0.39 is 0 Å². The van der Waals surface area contributed by atoms with E-state index in [1.54, 1.807) is 12.1 Å². The molecule has 0 amide bonds. The number of benzene rings is 2. The van der Waals surface area contributed by atoms with E-state index >= 15 is 0 Å². The molecule has 0 aliphatic carbocycles. The van der Waals surface area contributed by atoms with E-state index in [2.05, 4.69) is 11.8 Å². The fourth-order valence-corrected chi connectivity index (χ4v) is 2.06. The quantitative estimate of drug-likeness (QED) is 0.876. The molecule has 2 nitrogen and oxygen atoms in total. The Morgan fingerprint density at radius 2 is 1.86 bits per heavy atom. The van der Waals surface area contributed by atoms with Gasteiger partial charge in [-0.3, -0.25) is 0 Å². The third-order valence-corrected chi connectivity index (χ3v) is 3.15. The highest BCUT2D eigenvalue weighted by molar-refractivity contribution is 5.40. The molecule has 0 saturated heterocycles. The third-order valence-electron chi connectivity index (χ3n) is 3.15. The predicted octanol–water partition coefficient (Wildman–Crippen LogP) is 3.37. The topological polar surface area (TPSA) is 29.5 Å². The monoisotopic (exact) mass is 284 g/mol. The molecule has 0 spiro atoms. The second-order valence-electron chi connectivity index (χ2n) is 4.78. The summed E-state index contributed by atoms with van der Waals surface area (Å²) in [5, 5.41) is 8.63. The summed E-state index contributed by atoms with van der Waals surface area (Å²) in [5.74, 6) is 5.60. The maximum absolute atomic E-state index is 14.0. The second-order valence-corrected chi connectivity index (χ2v) is 4.78. The molecule has 0 unspecified atom stereocenters. The van der Waals surface area contributed by atoms with Crippen molar-refractivity contribution in [1.29, 1.82) is 0 Å². The largest absolute Gasteiger partial charge is 0.488 e. The van der Waals surface area contributed by atoms with Gasteiger partial charge >= 0.3 is 0 Å². The summed E-state index contributed by atoms with van der Waals surface area (Å²) in [4.78, 5) is 0. The molecule has 0 radical (unpaired) electrons. The number of para-hydroxylation sites is 1. The minimum Gasteiger partial charge on any atom is -0.488 e. The molecule has 2 rings (SSSR count). The molecule has 3 heteroatoms. The van der Waals surface area contributed by atoms with Gasteiger partial charge in [0, 0.05) is 11.1 Å². The zero-order valence-corrected chi connectivity index (χ0v) is 12.1. The first-order chi connectivity index (χ1) is 10.1. The highest BCUT2D eigenvalue weighted by atomic mass is 19.1. The van der Waals surface area contributed by atoms with E-state index in [1.807, 2.05) is 32.0 Å². The second kappa shape index (κ2) is 6.92. The Balaban J connectivity index is 2.14. The lowest BCUT2D eigenvalue weighted by atomic mass is 10.1. The van der Waals surface area contributed by atoms with Crippen molar-refractivity contribution >= 4 is 0 Å². The number of aliphatic hydroxyl groups is 1. The molecule has 0 aliphatic rings. The van der Waals surface area contributed by atoms with E-state index in [-0.39, 0.29) is 19.0 Å². The van der Waals surface area contributed by atoms with Crippen LogP contribution in [0.15, 0.2) is 36.4 Å². The average Bonchev–Trinajstić information content (AvgIpc) is 2.46. The molecule has 0 saturated carbocycles. The van der Waals surface area contributed by atoms with Gasteiger partial charge in [0.15, 0.2) is 0 Å². The van der Waals surface area contributed by atoms with Crippen LogP contribution in [0.4, 0.5) is 4.39 Å². The number of aliphatic hydroxyl groups excluding tert-OH is 1. The van der Waals surface area contributed by atoms with Crippen LogP contribution >= 0.6 is 0 Å². The molecular formula is C18H17FO2. The fourth-order valence-electron chi connectivity index (χ4n) is 2.06. The van der Waals surface area contributed by atoms with Crippen molar-refractivity contribution in [2.24, 2.45) is 0 Å². The summed E-state index contributed by atoms with van der Waals surface area (Å²) in [7, 11) is 0. The summed E-state index contributed by atoms with van der Waals surface area (Å²) in [5.41, 5.74) is 3.08. The molecule has 0 bridgehead atoms. The van der Waals surface area contributed by atoms with Crippen LogP contribution in [-0.4, -0.2) is 11.7 Å². The van der Waals surface area contributed by atoms with Gasteiger partial charge in [0.05, 0.1) is 0 Å². The Morgan fingerprint density at radius 1 is 1.14 bits per heavy atom. The summed E-state index contributed by atoms with van der Waals surface area (Å²) in [6, 6.07) is 10.6. The van der Waals surface area contributed by atoms with Gasteiger partial charge in [-0.25, -0.2) is 4.39 Å². The van der Waals surface area contributed by atoms with Crippen molar-refractivity contribution in [3.63, 3.8) is 0 Å². The van der Waals surface area contributed by atoms with Crippen LogP contribution in [0.25, 0.3) is 0 Å². The Kier molecular flexibility index (Phi) is 4.97. The van der Waals surface area contributed by atoms with Gasteiger partial charge in [-0.05, 0) is 37.1 Å². The van der Waals surface area contributed by atoms with Gasteiger partial charge in [-0.1, -0.05) is 36.1 Å². The van der Waals surface area contributed by atoms with Crippen LogP contribution < -0.4 is 4.74 Å². The molecule has 0 fully saturated rings. The van der Waals surface area contributed by atoms with Gasteiger partial charge in [0.25, 0.3) is 0 Å². The predicted molar refractivity (Wildman–Crippen MR) is 80.6 cm³/mol. The van der Waals surface area contributed by atoms with Crippen LogP contribution in [0, 0.1) is 31.5 Å². The fraction of sp³-hybridized carbons (Fsp3) is 0.222. The SMILES string of the molecule is Cc1cccc(C)c1OCc1ccc(C#CCO)cc1F. The Labute approximate surface area is 124 Å². The average molecular weight is 284 g/mol. The van der Waals surface area contributed by atoms with Crippen LogP contribution in [0.5, 0.6) is 5.75 Å². The summed E-state index contributed by atoms with van der Waals surface area (Å²) in [6.45, 7) is 3.86. The van der Waals surface area contributed by atoms with E-state index in [0.717, 1.165) is 16.9 Å². The first-order valence-electron chi connectivity index (χ1n) is 6.69. The van der Waals surface area contributed by atoms with E-state index in [1.165, 1.54) is 6.07 Å². The summed E-state index contributed by atoms with van der Waals surface area (Å²) < 4.78 is 19.7.